The number of nitrogens with zero attached hydrogens (tertiary/aromatic N) is 2. The van der Waals surface area contributed by atoms with Gasteiger partial charge in [-0.1, -0.05) is 30.3 Å². The van der Waals surface area contributed by atoms with Crippen molar-refractivity contribution in [2.24, 2.45) is 0 Å². The first kappa shape index (κ1) is 21.3. The highest BCUT2D eigenvalue weighted by molar-refractivity contribution is 5.97. The number of amides is 2. The van der Waals surface area contributed by atoms with E-state index in [9.17, 15) is 9.59 Å². The molecule has 5 rings (SSSR count). The van der Waals surface area contributed by atoms with Crippen molar-refractivity contribution in [2.45, 2.75) is 18.5 Å². The van der Waals surface area contributed by atoms with E-state index in [0.717, 1.165) is 27.7 Å². The summed E-state index contributed by atoms with van der Waals surface area (Å²) in [5.74, 6) is 0.967. The summed E-state index contributed by atoms with van der Waals surface area (Å²) in [5, 5.41) is 1.06. The molecule has 0 bridgehead atoms. The first-order chi connectivity index (χ1) is 16.1. The van der Waals surface area contributed by atoms with Crippen LogP contribution in [0.25, 0.3) is 10.9 Å². The Bertz CT molecular complexity index is 1220. The zero-order valence-electron chi connectivity index (χ0n) is 19.0. The SMILES string of the molecule is COCCN1CC(=O)N2[C@H](c3cccc(OC)c3OC)c3[nH]c4ccccc4c3C[C@H]2C1=O. The number of rotatable bonds is 6. The van der Waals surface area contributed by atoms with E-state index in [4.69, 9.17) is 14.2 Å². The number of carbonyl (C=O) groups is 2. The Labute approximate surface area is 192 Å². The molecule has 0 saturated carbocycles. The zero-order chi connectivity index (χ0) is 23.1. The minimum atomic E-state index is -0.601. The molecule has 3 aromatic rings. The monoisotopic (exact) mass is 449 g/mol. The van der Waals surface area contributed by atoms with Crippen LogP contribution in [0.3, 0.4) is 0 Å². The van der Waals surface area contributed by atoms with Crippen LogP contribution >= 0.6 is 0 Å². The van der Waals surface area contributed by atoms with E-state index in [0.29, 0.717) is 31.1 Å². The molecule has 33 heavy (non-hydrogen) atoms. The summed E-state index contributed by atoms with van der Waals surface area (Å²) < 4.78 is 16.4. The van der Waals surface area contributed by atoms with Crippen molar-refractivity contribution in [2.75, 3.05) is 41.0 Å². The first-order valence-electron chi connectivity index (χ1n) is 11.0. The van der Waals surface area contributed by atoms with Crippen molar-refractivity contribution in [3.8, 4) is 11.5 Å². The zero-order valence-corrected chi connectivity index (χ0v) is 19.0. The summed E-state index contributed by atoms with van der Waals surface area (Å²) in [6, 6.07) is 12.6. The fourth-order valence-corrected chi connectivity index (χ4v) is 5.17. The Morgan fingerprint density at radius 2 is 1.85 bits per heavy atom. The van der Waals surface area contributed by atoms with Crippen molar-refractivity contribution in [1.82, 2.24) is 14.8 Å². The van der Waals surface area contributed by atoms with Crippen LogP contribution < -0.4 is 9.47 Å². The van der Waals surface area contributed by atoms with Crippen molar-refractivity contribution < 1.29 is 23.8 Å². The molecule has 2 aromatic carbocycles. The number of benzene rings is 2. The maximum absolute atomic E-state index is 13.5. The van der Waals surface area contributed by atoms with Crippen LogP contribution in [0.15, 0.2) is 42.5 Å². The topological polar surface area (TPSA) is 84.1 Å². The quantitative estimate of drug-likeness (QED) is 0.625. The summed E-state index contributed by atoms with van der Waals surface area (Å²) in [7, 11) is 4.76. The van der Waals surface area contributed by atoms with Crippen molar-refractivity contribution in [3.05, 3.63) is 59.3 Å². The average Bonchev–Trinajstić information content (AvgIpc) is 3.22. The van der Waals surface area contributed by atoms with Crippen LogP contribution in [-0.2, 0) is 20.7 Å². The molecule has 8 nitrogen and oxygen atoms in total. The highest BCUT2D eigenvalue weighted by Gasteiger charge is 2.48. The van der Waals surface area contributed by atoms with Gasteiger partial charge in [0.05, 0.1) is 27.4 Å². The molecule has 0 unspecified atom stereocenters. The van der Waals surface area contributed by atoms with Gasteiger partial charge in [-0.25, -0.2) is 0 Å². The van der Waals surface area contributed by atoms with E-state index in [1.54, 1.807) is 31.1 Å². The second-order valence-corrected chi connectivity index (χ2v) is 8.32. The van der Waals surface area contributed by atoms with Gasteiger partial charge >= 0.3 is 0 Å². The molecule has 1 fully saturated rings. The largest absolute Gasteiger partial charge is 0.493 e. The maximum Gasteiger partial charge on any atom is 0.246 e. The first-order valence-corrected chi connectivity index (χ1v) is 11.0. The van der Waals surface area contributed by atoms with E-state index in [2.05, 4.69) is 11.1 Å². The number of ether oxygens (including phenoxy) is 3. The van der Waals surface area contributed by atoms with Gasteiger partial charge in [0.2, 0.25) is 11.8 Å². The molecule has 0 aliphatic carbocycles. The highest BCUT2D eigenvalue weighted by Crippen LogP contribution is 2.46. The van der Waals surface area contributed by atoms with Crippen LogP contribution in [0.2, 0.25) is 0 Å². The molecule has 2 aliphatic rings. The number of fused-ring (bicyclic) bond motifs is 4. The van der Waals surface area contributed by atoms with Gasteiger partial charge in [-0.2, -0.15) is 0 Å². The summed E-state index contributed by atoms with van der Waals surface area (Å²) in [5.41, 5.74) is 3.72. The third kappa shape index (κ3) is 3.33. The lowest BCUT2D eigenvalue weighted by atomic mass is 9.85. The Morgan fingerprint density at radius 3 is 2.61 bits per heavy atom. The number of carbonyl (C=O) groups excluding carboxylic acids is 2. The van der Waals surface area contributed by atoms with Gasteiger partial charge < -0.3 is 29.0 Å². The van der Waals surface area contributed by atoms with Crippen LogP contribution in [0.5, 0.6) is 11.5 Å². The highest BCUT2D eigenvalue weighted by atomic mass is 16.5. The number of piperazine rings is 1. The predicted octanol–water partition coefficient (Wildman–Crippen LogP) is 2.52. The predicted molar refractivity (Wildman–Crippen MR) is 122 cm³/mol. The van der Waals surface area contributed by atoms with E-state index in [1.807, 2.05) is 36.4 Å². The smallest absolute Gasteiger partial charge is 0.246 e. The van der Waals surface area contributed by atoms with Crippen molar-refractivity contribution in [1.29, 1.82) is 0 Å². The second kappa shape index (κ2) is 8.44. The molecule has 1 saturated heterocycles. The number of H-pyrrole nitrogens is 1. The summed E-state index contributed by atoms with van der Waals surface area (Å²) in [4.78, 5) is 33.9. The molecule has 3 heterocycles. The van der Waals surface area contributed by atoms with Gasteiger partial charge in [0.15, 0.2) is 11.5 Å². The third-order valence-corrected chi connectivity index (χ3v) is 6.64. The molecule has 0 spiro atoms. The van der Waals surface area contributed by atoms with Gasteiger partial charge in [0, 0.05) is 42.2 Å². The Kier molecular flexibility index (Phi) is 5.46. The van der Waals surface area contributed by atoms with Gasteiger partial charge in [-0.05, 0) is 17.7 Å². The molecular formula is C25H27N3O5. The van der Waals surface area contributed by atoms with Gasteiger partial charge in [0.25, 0.3) is 0 Å². The molecule has 2 atom stereocenters. The molecule has 1 N–H and O–H groups in total. The Balaban J connectivity index is 1.71. The fourth-order valence-electron chi connectivity index (χ4n) is 5.17. The second-order valence-electron chi connectivity index (χ2n) is 8.32. The average molecular weight is 450 g/mol. The number of methoxy groups -OCH3 is 3. The van der Waals surface area contributed by atoms with Gasteiger partial charge in [-0.3, -0.25) is 9.59 Å². The minimum absolute atomic E-state index is 0.0248. The Hall–Kier alpha value is -3.52. The minimum Gasteiger partial charge on any atom is -0.493 e. The lowest BCUT2D eigenvalue weighted by Gasteiger charge is -2.47. The van der Waals surface area contributed by atoms with E-state index in [1.165, 1.54) is 0 Å². The number of aromatic nitrogens is 1. The van der Waals surface area contributed by atoms with E-state index < -0.39 is 12.1 Å². The molecule has 2 aliphatic heterocycles. The lowest BCUT2D eigenvalue weighted by Crippen LogP contribution is -2.63. The summed E-state index contributed by atoms with van der Waals surface area (Å²) >= 11 is 0. The molecule has 2 amide bonds. The van der Waals surface area contributed by atoms with Gasteiger partial charge in [0.1, 0.15) is 12.1 Å². The fraction of sp³-hybridized carbons (Fsp3) is 0.360. The molecule has 0 radical (unpaired) electrons. The molecule has 172 valence electrons. The van der Waals surface area contributed by atoms with Crippen LogP contribution in [0.1, 0.15) is 22.9 Å². The van der Waals surface area contributed by atoms with E-state index >= 15 is 0 Å². The number of hydrogen-bond acceptors (Lipinski definition) is 5. The molecule has 1 aromatic heterocycles. The summed E-state index contributed by atoms with van der Waals surface area (Å²) in [6.45, 7) is 0.799. The molecular weight excluding hydrogens is 422 g/mol. The normalized spacial score (nSPS) is 20.1. The van der Waals surface area contributed by atoms with Gasteiger partial charge in [-0.15, -0.1) is 0 Å². The van der Waals surface area contributed by atoms with Crippen LogP contribution in [-0.4, -0.2) is 73.7 Å². The maximum atomic E-state index is 13.5. The van der Waals surface area contributed by atoms with Crippen LogP contribution in [0, 0.1) is 0 Å². The summed E-state index contributed by atoms with van der Waals surface area (Å²) in [6.07, 6.45) is 0.455. The van der Waals surface area contributed by atoms with Crippen LogP contribution in [0.4, 0.5) is 0 Å². The number of para-hydroxylation sites is 2. The Morgan fingerprint density at radius 1 is 1.03 bits per heavy atom. The van der Waals surface area contributed by atoms with E-state index in [-0.39, 0.29) is 18.4 Å². The standard InChI is InChI=1S/C25H27N3O5/c1-31-12-11-27-14-21(29)28-19(25(27)30)13-17-15-7-4-5-9-18(15)26-22(17)23(28)16-8-6-10-20(32-2)24(16)33-3/h4-10,19,23,26H,11-14H2,1-3H3/t19-,23+/m0/s1. The number of aromatic amines is 1. The van der Waals surface area contributed by atoms with Crippen molar-refractivity contribution in [3.63, 3.8) is 0 Å². The third-order valence-electron chi connectivity index (χ3n) is 6.64. The number of hydrogen-bond donors (Lipinski definition) is 1. The van der Waals surface area contributed by atoms with Crippen molar-refractivity contribution >= 4 is 22.7 Å². The number of nitrogens with one attached hydrogen (secondary N) is 1. The lowest BCUT2D eigenvalue weighted by molar-refractivity contribution is -0.159. The molecule has 8 heteroatoms.